The Bertz CT molecular complexity index is 1360. The first kappa shape index (κ1) is 24.2. The highest BCUT2D eigenvalue weighted by Crippen LogP contribution is 2.38. The zero-order chi connectivity index (χ0) is 24.9. The van der Waals surface area contributed by atoms with E-state index in [1.807, 2.05) is 0 Å². The maximum Gasteiger partial charge on any atom is 0.269 e. The van der Waals surface area contributed by atoms with Gasteiger partial charge in [-0.2, -0.15) is 0 Å². The van der Waals surface area contributed by atoms with Crippen molar-refractivity contribution in [2.75, 3.05) is 7.11 Å². The molecule has 0 aliphatic carbocycles. The monoisotopic (exact) mass is 513 g/mol. The summed E-state index contributed by atoms with van der Waals surface area (Å²) in [4.78, 5) is 27.6. The Kier molecular flexibility index (Phi) is 7.33. The van der Waals surface area contributed by atoms with Gasteiger partial charge < -0.3 is 14.8 Å². The maximum atomic E-state index is 13.1. The van der Waals surface area contributed by atoms with Crippen molar-refractivity contribution in [1.82, 2.24) is 5.32 Å². The summed E-state index contributed by atoms with van der Waals surface area (Å²) in [5, 5.41) is 14.2. The number of ether oxygens (including phenoxy) is 2. The zero-order valence-corrected chi connectivity index (χ0v) is 19.7. The maximum absolute atomic E-state index is 13.1. The van der Waals surface area contributed by atoms with Gasteiger partial charge in [-0.25, -0.2) is 9.38 Å². The molecule has 3 aromatic carbocycles. The number of aliphatic imine (C=N–C) groups is 1. The van der Waals surface area contributed by atoms with Gasteiger partial charge in [0.25, 0.3) is 11.6 Å². The van der Waals surface area contributed by atoms with Crippen LogP contribution in [0.2, 0.25) is 5.02 Å². The number of nitrogens with zero attached hydrogens (tertiary/aromatic N) is 2. The van der Waals surface area contributed by atoms with Crippen LogP contribution in [-0.4, -0.2) is 23.1 Å². The lowest BCUT2D eigenvalue weighted by atomic mass is 10.1. The zero-order valence-electron chi connectivity index (χ0n) is 18.2. The molecule has 1 N–H and O–H groups in total. The molecule has 1 aliphatic heterocycles. The highest BCUT2D eigenvalue weighted by molar-refractivity contribution is 8.18. The molecule has 0 spiro atoms. The second kappa shape index (κ2) is 10.6. The summed E-state index contributed by atoms with van der Waals surface area (Å²) in [5.74, 6) is -0.110. The van der Waals surface area contributed by atoms with Crippen molar-refractivity contribution >= 4 is 51.9 Å². The van der Waals surface area contributed by atoms with Gasteiger partial charge in [-0.15, -0.1) is 0 Å². The van der Waals surface area contributed by atoms with Crippen LogP contribution in [0.1, 0.15) is 11.1 Å². The fraction of sp³-hybridized carbons (Fsp3) is 0.0833. The van der Waals surface area contributed by atoms with Crippen LogP contribution < -0.4 is 14.8 Å². The summed E-state index contributed by atoms with van der Waals surface area (Å²) in [6.45, 7) is 0.0413. The van der Waals surface area contributed by atoms with E-state index in [9.17, 15) is 19.3 Å². The first-order valence-corrected chi connectivity index (χ1v) is 11.3. The molecule has 11 heteroatoms. The molecular weight excluding hydrogens is 497 g/mol. The molecule has 0 unspecified atom stereocenters. The fourth-order valence-corrected chi connectivity index (χ4v) is 4.26. The van der Waals surface area contributed by atoms with Crippen LogP contribution in [0.4, 0.5) is 15.8 Å². The van der Waals surface area contributed by atoms with Crippen LogP contribution in [-0.2, 0) is 11.4 Å². The fourth-order valence-electron chi connectivity index (χ4n) is 3.14. The highest BCUT2D eigenvalue weighted by atomic mass is 35.5. The van der Waals surface area contributed by atoms with E-state index in [2.05, 4.69) is 10.3 Å². The molecule has 1 heterocycles. The SMILES string of the molecule is COc1cc(/C=C2/SC(=Nc3ccc(F)cc3)NC2=O)cc(Cl)c1OCc1cccc([N+](=O)[O-])c1. The highest BCUT2D eigenvalue weighted by Gasteiger charge is 2.24. The molecule has 4 rings (SSSR count). The Morgan fingerprint density at radius 2 is 1.97 bits per heavy atom. The lowest BCUT2D eigenvalue weighted by molar-refractivity contribution is -0.384. The number of rotatable bonds is 7. The predicted molar refractivity (Wildman–Crippen MR) is 133 cm³/mol. The van der Waals surface area contributed by atoms with Gasteiger partial charge in [0.05, 0.1) is 27.6 Å². The van der Waals surface area contributed by atoms with Crippen molar-refractivity contribution in [3.63, 3.8) is 0 Å². The van der Waals surface area contributed by atoms with Crippen LogP contribution in [0.5, 0.6) is 11.5 Å². The number of non-ortho nitro benzene ring substituents is 1. The van der Waals surface area contributed by atoms with Crippen molar-refractivity contribution in [1.29, 1.82) is 0 Å². The number of hydrogen-bond donors (Lipinski definition) is 1. The number of nitro groups is 1. The van der Waals surface area contributed by atoms with Gasteiger partial charge in [0.15, 0.2) is 16.7 Å². The van der Waals surface area contributed by atoms with Crippen molar-refractivity contribution in [3.05, 3.63) is 97.6 Å². The Morgan fingerprint density at radius 3 is 2.69 bits per heavy atom. The standard InChI is InChI=1S/C24H17ClFN3O5S/c1-33-20-11-15(10-19(25)22(20)34-13-14-3-2-4-18(9-14)29(31)32)12-21-23(30)28-24(35-21)27-17-7-5-16(26)6-8-17/h2-12H,13H2,1H3,(H,27,28,30)/b21-12+. The van der Waals surface area contributed by atoms with Crippen LogP contribution in [0.15, 0.2) is 70.6 Å². The molecule has 178 valence electrons. The minimum atomic E-state index is -0.480. The lowest BCUT2D eigenvalue weighted by Crippen LogP contribution is -2.19. The van der Waals surface area contributed by atoms with Gasteiger partial charge in [0.1, 0.15) is 12.4 Å². The number of benzene rings is 3. The van der Waals surface area contributed by atoms with E-state index in [-0.39, 0.29) is 34.8 Å². The first-order valence-electron chi connectivity index (χ1n) is 10.1. The molecule has 3 aromatic rings. The van der Waals surface area contributed by atoms with Gasteiger partial charge in [-0.05, 0) is 65.4 Å². The van der Waals surface area contributed by atoms with E-state index >= 15 is 0 Å². The number of amidine groups is 1. The number of thioether (sulfide) groups is 1. The Balaban J connectivity index is 1.52. The topological polar surface area (TPSA) is 103 Å². The third-order valence-corrected chi connectivity index (χ3v) is 5.95. The molecule has 0 aromatic heterocycles. The van der Waals surface area contributed by atoms with Gasteiger partial charge in [0, 0.05) is 12.1 Å². The van der Waals surface area contributed by atoms with E-state index in [1.165, 1.54) is 43.5 Å². The number of hydrogen-bond acceptors (Lipinski definition) is 7. The molecule has 35 heavy (non-hydrogen) atoms. The number of halogens is 2. The first-order chi connectivity index (χ1) is 16.8. The molecule has 0 atom stereocenters. The minimum absolute atomic E-state index is 0.0409. The molecule has 0 saturated carbocycles. The van der Waals surface area contributed by atoms with Crippen LogP contribution in [0.25, 0.3) is 6.08 Å². The van der Waals surface area contributed by atoms with Crippen molar-refractivity contribution < 1.29 is 23.6 Å². The summed E-state index contributed by atoms with van der Waals surface area (Å²) in [7, 11) is 1.45. The number of carbonyl (C=O) groups excluding carboxylic acids is 1. The number of amides is 1. The number of nitro benzene ring substituents is 1. The van der Waals surface area contributed by atoms with Crippen LogP contribution in [0, 0.1) is 15.9 Å². The molecule has 0 bridgehead atoms. The van der Waals surface area contributed by atoms with Crippen molar-refractivity contribution in [2.45, 2.75) is 6.61 Å². The van der Waals surface area contributed by atoms with Gasteiger partial charge in [-0.3, -0.25) is 14.9 Å². The average Bonchev–Trinajstić information content (AvgIpc) is 3.17. The summed E-state index contributed by atoms with van der Waals surface area (Å²) in [5.41, 5.74) is 1.65. The Hall–Kier alpha value is -3.89. The predicted octanol–water partition coefficient (Wildman–Crippen LogP) is 5.87. The quantitative estimate of drug-likeness (QED) is 0.241. The minimum Gasteiger partial charge on any atom is -0.493 e. The van der Waals surface area contributed by atoms with Gasteiger partial charge >= 0.3 is 0 Å². The summed E-state index contributed by atoms with van der Waals surface area (Å²) in [6, 6.07) is 14.9. The van der Waals surface area contributed by atoms with E-state index in [4.69, 9.17) is 21.1 Å². The molecule has 1 fully saturated rings. The van der Waals surface area contributed by atoms with Gasteiger partial charge in [-0.1, -0.05) is 23.7 Å². The van der Waals surface area contributed by atoms with Crippen molar-refractivity contribution in [3.8, 4) is 11.5 Å². The molecule has 1 aliphatic rings. The normalized spacial score (nSPS) is 15.3. The number of carbonyl (C=O) groups is 1. The van der Waals surface area contributed by atoms with Crippen LogP contribution in [0.3, 0.4) is 0 Å². The Labute approximate surface area is 208 Å². The number of methoxy groups -OCH3 is 1. The van der Waals surface area contributed by atoms with Crippen molar-refractivity contribution in [2.24, 2.45) is 4.99 Å². The number of nitrogens with one attached hydrogen (secondary N) is 1. The Morgan fingerprint density at radius 1 is 1.20 bits per heavy atom. The third-order valence-electron chi connectivity index (χ3n) is 4.76. The largest absolute Gasteiger partial charge is 0.493 e. The molecule has 0 radical (unpaired) electrons. The molecule has 1 amide bonds. The second-order valence-corrected chi connectivity index (χ2v) is 8.65. The van der Waals surface area contributed by atoms with Crippen LogP contribution >= 0.6 is 23.4 Å². The van der Waals surface area contributed by atoms with Gasteiger partial charge in [0.2, 0.25) is 0 Å². The summed E-state index contributed by atoms with van der Waals surface area (Å²) >= 11 is 7.56. The third kappa shape index (κ3) is 5.97. The molecule has 1 saturated heterocycles. The van der Waals surface area contributed by atoms with E-state index in [0.717, 1.165) is 11.8 Å². The van der Waals surface area contributed by atoms with E-state index in [1.54, 1.807) is 30.3 Å². The molecular formula is C24H17ClFN3O5S. The van der Waals surface area contributed by atoms with E-state index < -0.39 is 4.92 Å². The lowest BCUT2D eigenvalue weighted by Gasteiger charge is -2.13. The average molecular weight is 514 g/mol. The molecule has 8 nitrogen and oxygen atoms in total. The second-order valence-electron chi connectivity index (χ2n) is 7.21. The van der Waals surface area contributed by atoms with E-state index in [0.29, 0.717) is 32.6 Å². The summed E-state index contributed by atoms with van der Waals surface area (Å²) < 4.78 is 24.3. The summed E-state index contributed by atoms with van der Waals surface area (Å²) in [6.07, 6.45) is 1.63. The smallest absolute Gasteiger partial charge is 0.269 e.